The van der Waals surface area contributed by atoms with Gasteiger partial charge in [-0.2, -0.15) is 0 Å². The van der Waals surface area contributed by atoms with Crippen LogP contribution in [0.4, 0.5) is 0 Å². The highest BCUT2D eigenvalue weighted by Crippen LogP contribution is 2.22. The van der Waals surface area contributed by atoms with E-state index in [1.54, 1.807) is 0 Å². The molecule has 7 heavy (non-hydrogen) atoms. The molecule has 1 saturated heterocycles. The lowest BCUT2D eigenvalue weighted by molar-refractivity contribution is 0.360. The number of ether oxygens (including phenoxy) is 1. The van der Waals surface area contributed by atoms with E-state index in [4.69, 9.17) is 4.74 Å². The first kappa shape index (κ1) is 3.60. The van der Waals surface area contributed by atoms with Crippen LogP contribution >= 0.6 is 0 Å². The number of hydrogen-bond donors (Lipinski definition) is 0. The summed E-state index contributed by atoms with van der Waals surface area (Å²) in [4.78, 5) is 3.81. The van der Waals surface area contributed by atoms with Crippen molar-refractivity contribution in [3.05, 3.63) is 0 Å². The zero-order valence-corrected chi connectivity index (χ0v) is 4.27. The fraction of sp³-hybridized carbons (Fsp3) is 0.667. The normalized spacial score (nSPS) is 44.3. The maximum absolute atomic E-state index is 10.5. The molecular formula is C3H3NO2S. The lowest BCUT2D eigenvalue weighted by Gasteiger charge is -2.02. The van der Waals surface area contributed by atoms with Crippen molar-refractivity contribution in [1.29, 1.82) is 0 Å². The molecule has 0 aromatic rings. The summed E-state index contributed by atoms with van der Waals surface area (Å²) in [6.45, 7) is 0.544. The van der Waals surface area contributed by atoms with E-state index in [0.717, 1.165) is 0 Å². The molecule has 2 bridgehead atoms. The molecule has 0 spiro atoms. The molecule has 1 fully saturated rings. The second kappa shape index (κ2) is 0.888. The molecule has 0 saturated carbocycles. The van der Waals surface area contributed by atoms with E-state index in [1.165, 1.54) is 0 Å². The van der Waals surface area contributed by atoms with E-state index in [-0.39, 0.29) is 5.37 Å². The Balaban J connectivity index is 2.49. The van der Waals surface area contributed by atoms with Gasteiger partial charge >= 0.3 is 0 Å². The number of aliphatic imine (C=N–C) groups is 1. The first-order valence-corrected chi connectivity index (χ1v) is 3.20. The van der Waals surface area contributed by atoms with Gasteiger partial charge in [0.2, 0.25) is 0 Å². The first-order chi connectivity index (χ1) is 3.38. The summed E-state index contributed by atoms with van der Waals surface area (Å²) in [5.41, 5.74) is 0. The number of rotatable bonds is 0. The van der Waals surface area contributed by atoms with Crippen molar-refractivity contribution >= 4 is 16.0 Å². The number of fused-ring (bicyclic) bond motifs is 1. The molecule has 0 amide bonds. The maximum atomic E-state index is 10.5. The minimum Gasteiger partial charge on any atom is -0.468 e. The van der Waals surface area contributed by atoms with Crippen LogP contribution in [0.15, 0.2) is 4.99 Å². The first-order valence-electron chi connectivity index (χ1n) is 1.99. The Morgan fingerprint density at radius 3 is 3.00 bits per heavy atom. The van der Waals surface area contributed by atoms with Crippen molar-refractivity contribution in [3.63, 3.8) is 0 Å². The molecule has 2 unspecified atom stereocenters. The van der Waals surface area contributed by atoms with Crippen LogP contribution in [-0.2, 0) is 15.5 Å². The monoisotopic (exact) mass is 117 g/mol. The van der Waals surface area contributed by atoms with Crippen molar-refractivity contribution in [1.82, 2.24) is 0 Å². The van der Waals surface area contributed by atoms with Gasteiger partial charge in [0.25, 0.3) is 5.23 Å². The van der Waals surface area contributed by atoms with Gasteiger partial charge in [-0.1, -0.05) is 0 Å². The van der Waals surface area contributed by atoms with Gasteiger partial charge in [-0.15, -0.1) is 0 Å². The molecule has 0 radical (unpaired) electrons. The SMILES string of the molecule is O=S1C2=NC1CO2. The third-order valence-electron chi connectivity index (χ3n) is 1.02. The van der Waals surface area contributed by atoms with Crippen molar-refractivity contribution in [2.24, 2.45) is 4.99 Å². The van der Waals surface area contributed by atoms with Crippen LogP contribution in [0.2, 0.25) is 0 Å². The van der Waals surface area contributed by atoms with Crippen molar-refractivity contribution in [2.45, 2.75) is 5.37 Å². The minimum absolute atomic E-state index is 0.00463. The van der Waals surface area contributed by atoms with Crippen LogP contribution < -0.4 is 0 Å². The molecule has 0 aliphatic carbocycles. The third-order valence-corrected chi connectivity index (χ3v) is 2.32. The highest BCUT2D eigenvalue weighted by Gasteiger charge is 2.40. The molecule has 3 nitrogen and oxygen atoms in total. The van der Waals surface area contributed by atoms with Crippen LogP contribution in [0.5, 0.6) is 0 Å². The summed E-state index contributed by atoms with van der Waals surface area (Å²) in [6, 6.07) is 0. The summed E-state index contributed by atoms with van der Waals surface area (Å²) >= 11 is 0. The molecular weight excluding hydrogens is 114 g/mol. The average Bonchev–Trinajstić information content (AvgIpc) is 2.18. The van der Waals surface area contributed by atoms with Gasteiger partial charge in [0.1, 0.15) is 17.4 Å². The van der Waals surface area contributed by atoms with Crippen LogP contribution in [0.1, 0.15) is 0 Å². The molecule has 3 heterocycles. The maximum Gasteiger partial charge on any atom is 0.280 e. The quantitative estimate of drug-likeness (QED) is 0.427. The van der Waals surface area contributed by atoms with E-state index in [2.05, 4.69) is 4.99 Å². The molecule has 4 heteroatoms. The molecule has 3 aliphatic rings. The highest BCUT2D eigenvalue weighted by atomic mass is 32.2. The molecule has 38 valence electrons. The van der Waals surface area contributed by atoms with Crippen LogP contribution in [0.25, 0.3) is 0 Å². The average molecular weight is 117 g/mol. The predicted octanol–water partition coefficient (Wildman–Crippen LogP) is -0.539. The zero-order chi connectivity index (χ0) is 4.85. The van der Waals surface area contributed by atoms with Gasteiger partial charge in [0.15, 0.2) is 5.37 Å². The Hall–Kier alpha value is -0.380. The van der Waals surface area contributed by atoms with Gasteiger partial charge < -0.3 is 4.74 Å². The second-order valence-corrected chi connectivity index (χ2v) is 2.95. The predicted molar refractivity (Wildman–Crippen MR) is 25.3 cm³/mol. The van der Waals surface area contributed by atoms with Crippen molar-refractivity contribution < 1.29 is 8.95 Å². The molecule has 3 rings (SSSR count). The molecule has 0 N–H and O–H groups in total. The Labute approximate surface area is 42.8 Å². The Morgan fingerprint density at radius 1 is 2.00 bits per heavy atom. The van der Waals surface area contributed by atoms with E-state index in [1.807, 2.05) is 0 Å². The molecule has 0 aromatic carbocycles. The Kier molecular flexibility index (Phi) is 0.457. The number of nitrogens with zero attached hydrogens (tertiary/aromatic N) is 1. The fourth-order valence-corrected chi connectivity index (χ4v) is 1.49. The highest BCUT2D eigenvalue weighted by molar-refractivity contribution is 8.02. The Morgan fingerprint density at radius 2 is 2.86 bits per heavy atom. The van der Waals surface area contributed by atoms with Gasteiger partial charge in [-0.05, 0) is 0 Å². The van der Waals surface area contributed by atoms with E-state index < -0.39 is 10.8 Å². The standard InChI is InChI=1S/C3H3NO2S/c5-7-2-1-6-3(7)4-2/h2H,1H2. The lowest BCUT2D eigenvalue weighted by Crippen LogP contribution is -2.21. The van der Waals surface area contributed by atoms with Gasteiger partial charge in [-0.3, -0.25) is 0 Å². The largest absolute Gasteiger partial charge is 0.468 e. The topological polar surface area (TPSA) is 38.7 Å². The Bertz CT molecular complexity index is 164. The summed E-state index contributed by atoms with van der Waals surface area (Å²) in [6.07, 6.45) is 0. The van der Waals surface area contributed by atoms with Gasteiger partial charge in [-0.25, -0.2) is 9.20 Å². The minimum atomic E-state index is -0.843. The van der Waals surface area contributed by atoms with Gasteiger partial charge in [0, 0.05) is 0 Å². The second-order valence-electron chi connectivity index (χ2n) is 1.46. The van der Waals surface area contributed by atoms with Crippen molar-refractivity contribution in [2.75, 3.05) is 6.61 Å². The third kappa shape index (κ3) is 0.267. The molecule has 0 aromatic heterocycles. The van der Waals surface area contributed by atoms with E-state index >= 15 is 0 Å². The summed E-state index contributed by atoms with van der Waals surface area (Å²) in [7, 11) is -0.843. The smallest absolute Gasteiger partial charge is 0.280 e. The van der Waals surface area contributed by atoms with Crippen molar-refractivity contribution in [3.8, 4) is 0 Å². The van der Waals surface area contributed by atoms with Crippen LogP contribution in [0, 0.1) is 0 Å². The lowest BCUT2D eigenvalue weighted by atomic mass is 10.7. The van der Waals surface area contributed by atoms with Gasteiger partial charge in [0.05, 0.1) is 0 Å². The summed E-state index contributed by atoms with van der Waals surface area (Å²) < 4.78 is 15.3. The van der Waals surface area contributed by atoms with E-state index in [9.17, 15) is 4.21 Å². The molecule has 3 aliphatic heterocycles. The fourth-order valence-electron chi connectivity index (χ4n) is 0.622. The van der Waals surface area contributed by atoms with Crippen LogP contribution in [-0.4, -0.2) is 21.4 Å². The number of hydrogen-bond acceptors (Lipinski definition) is 3. The van der Waals surface area contributed by atoms with Crippen LogP contribution in [0.3, 0.4) is 0 Å². The van der Waals surface area contributed by atoms with E-state index in [0.29, 0.717) is 11.8 Å². The molecule has 2 atom stereocenters. The zero-order valence-electron chi connectivity index (χ0n) is 3.46. The summed E-state index contributed by atoms with van der Waals surface area (Å²) in [5.74, 6) is 0. The summed E-state index contributed by atoms with van der Waals surface area (Å²) in [5, 5.41) is 0.444.